The number of hydrogen-bond acceptors (Lipinski definition) is 4. The van der Waals surface area contributed by atoms with Crippen LogP contribution in [0.4, 0.5) is 0 Å². The molecule has 0 spiro atoms. The molecule has 2 rings (SSSR count). The zero-order valence-corrected chi connectivity index (χ0v) is 13.0. The second-order valence-corrected chi connectivity index (χ2v) is 4.99. The molecule has 0 atom stereocenters. The van der Waals surface area contributed by atoms with Crippen molar-refractivity contribution in [3.05, 3.63) is 33.5 Å². The minimum Gasteiger partial charge on any atom is -0.497 e. The van der Waals surface area contributed by atoms with E-state index in [0.29, 0.717) is 26.9 Å². The monoisotopic (exact) mass is 342 g/mol. The van der Waals surface area contributed by atoms with Crippen molar-refractivity contribution < 1.29 is 9.47 Å². The third kappa shape index (κ3) is 2.98. The van der Waals surface area contributed by atoms with Gasteiger partial charge in [-0.3, -0.25) is 0 Å². The van der Waals surface area contributed by atoms with Crippen LogP contribution in [0.25, 0.3) is 11.4 Å². The molecule has 100 valence electrons. The lowest BCUT2D eigenvalue weighted by atomic mass is 10.2. The Labute approximate surface area is 124 Å². The highest BCUT2D eigenvalue weighted by atomic mass is 79.9. The van der Waals surface area contributed by atoms with Crippen LogP contribution >= 0.6 is 27.5 Å². The summed E-state index contributed by atoms with van der Waals surface area (Å²) in [5.41, 5.74) is 1.56. The molecule has 0 fully saturated rings. The Morgan fingerprint density at radius 3 is 2.11 bits per heavy atom. The summed E-state index contributed by atoms with van der Waals surface area (Å²) in [6, 6.07) is 5.46. The van der Waals surface area contributed by atoms with Gasteiger partial charge in [0.05, 0.1) is 24.4 Å². The van der Waals surface area contributed by atoms with Crippen molar-refractivity contribution >= 4 is 27.5 Å². The molecule has 0 aliphatic carbocycles. The van der Waals surface area contributed by atoms with Crippen molar-refractivity contribution in [3.63, 3.8) is 0 Å². The molecular weight excluding hydrogens is 332 g/mol. The van der Waals surface area contributed by atoms with Crippen LogP contribution in [0.3, 0.4) is 0 Å². The van der Waals surface area contributed by atoms with Gasteiger partial charge in [-0.25, -0.2) is 9.97 Å². The maximum absolute atomic E-state index is 6.06. The first-order valence-electron chi connectivity index (χ1n) is 5.48. The predicted octanol–water partition coefficient (Wildman–Crippen LogP) is 3.89. The highest BCUT2D eigenvalue weighted by molar-refractivity contribution is 9.10. The van der Waals surface area contributed by atoms with Gasteiger partial charge in [-0.15, -0.1) is 0 Å². The summed E-state index contributed by atoms with van der Waals surface area (Å²) in [5, 5.41) is 0.379. The van der Waals surface area contributed by atoms with Crippen LogP contribution in [0.5, 0.6) is 11.5 Å². The Morgan fingerprint density at radius 2 is 1.63 bits per heavy atom. The maximum Gasteiger partial charge on any atom is 0.161 e. The fourth-order valence-electron chi connectivity index (χ4n) is 1.59. The molecule has 2 aromatic rings. The molecule has 0 saturated carbocycles. The summed E-state index contributed by atoms with van der Waals surface area (Å²) in [6.45, 7) is 1.86. The number of benzene rings is 1. The molecule has 1 heterocycles. The molecule has 0 unspecified atom stereocenters. The molecule has 0 bridgehead atoms. The van der Waals surface area contributed by atoms with Crippen LogP contribution < -0.4 is 9.47 Å². The molecule has 4 nitrogen and oxygen atoms in total. The third-order valence-corrected chi connectivity index (χ3v) is 4.04. The normalized spacial score (nSPS) is 10.4. The first kappa shape index (κ1) is 14.1. The van der Waals surface area contributed by atoms with Crippen molar-refractivity contribution in [1.82, 2.24) is 9.97 Å². The van der Waals surface area contributed by atoms with Crippen molar-refractivity contribution in [2.75, 3.05) is 14.2 Å². The van der Waals surface area contributed by atoms with Crippen LogP contribution in [0, 0.1) is 6.92 Å². The van der Waals surface area contributed by atoms with E-state index in [2.05, 4.69) is 25.9 Å². The number of aromatic nitrogens is 2. The second kappa shape index (κ2) is 5.75. The number of nitrogens with zero attached hydrogens (tertiary/aromatic N) is 2. The molecule has 1 aromatic heterocycles. The summed E-state index contributed by atoms with van der Waals surface area (Å²) in [5.74, 6) is 1.88. The molecule has 0 saturated heterocycles. The number of methoxy groups -OCH3 is 2. The minimum atomic E-state index is 0.379. The van der Waals surface area contributed by atoms with E-state index in [1.54, 1.807) is 20.3 Å². The van der Waals surface area contributed by atoms with Gasteiger partial charge >= 0.3 is 0 Å². The molecular formula is C13H12BrClN2O2. The molecule has 0 aliphatic rings. The quantitative estimate of drug-likeness (QED) is 0.793. The predicted molar refractivity (Wildman–Crippen MR) is 78.0 cm³/mol. The highest BCUT2D eigenvalue weighted by Crippen LogP contribution is 2.31. The summed E-state index contributed by atoms with van der Waals surface area (Å²) in [6.07, 6.45) is 0. The van der Waals surface area contributed by atoms with Gasteiger partial charge in [0.25, 0.3) is 0 Å². The molecule has 0 radical (unpaired) electrons. The van der Waals surface area contributed by atoms with Crippen LogP contribution in [0.2, 0.25) is 5.15 Å². The third-order valence-electron chi connectivity index (χ3n) is 2.59. The number of aryl methyl sites for hydroxylation is 1. The van der Waals surface area contributed by atoms with Gasteiger partial charge < -0.3 is 9.47 Å². The topological polar surface area (TPSA) is 44.2 Å². The van der Waals surface area contributed by atoms with Gasteiger partial charge in [0.15, 0.2) is 5.82 Å². The first-order chi connectivity index (χ1) is 9.05. The largest absolute Gasteiger partial charge is 0.497 e. The number of hydrogen-bond donors (Lipinski definition) is 0. The fraction of sp³-hybridized carbons (Fsp3) is 0.231. The minimum absolute atomic E-state index is 0.379. The molecule has 19 heavy (non-hydrogen) atoms. The summed E-state index contributed by atoms with van der Waals surface area (Å²) >= 11 is 9.39. The Balaban J connectivity index is 2.58. The highest BCUT2D eigenvalue weighted by Gasteiger charge is 2.11. The van der Waals surface area contributed by atoms with Gasteiger partial charge in [-0.05, 0) is 35.0 Å². The molecule has 0 N–H and O–H groups in total. The van der Waals surface area contributed by atoms with E-state index in [0.717, 1.165) is 11.3 Å². The van der Waals surface area contributed by atoms with Crippen molar-refractivity contribution in [1.29, 1.82) is 0 Å². The maximum atomic E-state index is 6.06. The smallest absolute Gasteiger partial charge is 0.161 e. The SMILES string of the molecule is COc1cc(OC)cc(-c2nc(C)c(Br)c(Cl)n2)c1. The van der Waals surface area contributed by atoms with E-state index in [4.69, 9.17) is 21.1 Å². The summed E-state index contributed by atoms with van der Waals surface area (Å²) in [7, 11) is 3.19. The fourth-order valence-corrected chi connectivity index (χ4v) is 1.98. The van der Waals surface area contributed by atoms with Gasteiger partial charge in [-0.1, -0.05) is 11.6 Å². The van der Waals surface area contributed by atoms with Crippen molar-refractivity contribution in [2.24, 2.45) is 0 Å². The van der Waals surface area contributed by atoms with Gasteiger partial charge in [0.2, 0.25) is 0 Å². The van der Waals surface area contributed by atoms with Gasteiger partial charge in [0, 0.05) is 11.6 Å². The average Bonchev–Trinajstić information content (AvgIpc) is 2.43. The van der Waals surface area contributed by atoms with Crippen LogP contribution in [-0.2, 0) is 0 Å². The van der Waals surface area contributed by atoms with E-state index < -0.39 is 0 Å². The summed E-state index contributed by atoms with van der Waals surface area (Å²) in [4.78, 5) is 8.65. The standard InChI is InChI=1S/C13H12BrClN2O2/c1-7-11(14)12(15)17-13(16-7)8-4-9(18-2)6-10(5-8)19-3/h4-6H,1-3H3. The van der Waals surface area contributed by atoms with Crippen LogP contribution in [0.15, 0.2) is 22.7 Å². The zero-order valence-electron chi connectivity index (χ0n) is 10.7. The molecule has 1 aromatic carbocycles. The molecule has 0 amide bonds. The lowest BCUT2D eigenvalue weighted by Gasteiger charge is -2.09. The van der Waals surface area contributed by atoms with E-state index in [1.165, 1.54) is 0 Å². The van der Waals surface area contributed by atoms with Crippen LogP contribution in [0.1, 0.15) is 5.69 Å². The van der Waals surface area contributed by atoms with E-state index in [9.17, 15) is 0 Å². The second-order valence-electron chi connectivity index (χ2n) is 3.84. The average molecular weight is 344 g/mol. The molecule has 0 aliphatic heterocycles. The summed E-state index contributed by atoms with van der Waals surface area (Å²) < 4.78 is 11.2. The Kier molecular flexibility index (Phi) is 4.27. The Bertz CT molecular complexity index is 574. The lowest BCUT2D eigenvalue weighted by Crippen LogP contribution is -1.96. The van der Waals surface area contributed by atoms with Crippen molar-refractivity contribution in [2.45, 2.75) is 6.92 Å². The van der Waals surface area contributed by atoms with E-state index >= 15 is 0 Å². The van der Waals surface area contributed by atoms with E-state index in [1.807, 2.05) is 19.1 Å². The van der Waals surface area contributed by atoms with E-state index in [-0.39, 0.29) is 0 Å². The Hall–Kier alpha value is -1.33. The number of halogens is 2. The van der Waals surface area contributed by atoms with Crippen molar-refractivity contribution in [3.8, 4) is 22.9 Å². The Morgan fingerprint density at radius 1 is 1.05 bits per heavy atom. The molecule has 6 heteroatoms. The lowest BCUT2D eigenvalue weighted by molar-refractivity contribution is 0.394. The zero-order chi connectivity index (χ0) is 14.0. The van der Waals surface area contributed by atoms with Crippen LogP contribution in [-0.4, -0.2) is 24.2 Å². The number of rotatable bonds is 3. The number of ether oxygens (including phenoxy) is 2. The van der Waals surface area contributed by atoms with Gasteiger partial charge in [-0.2, -0.15) is 0 Å². The first-order valence-corrected chi connectivity index (χ1v) is 6.65. The van der Waals surface area contributed by atoms with Gasteiger partial charge in [0.1, 0.15) is 16.7 Å².